The summed E-state index contributed by atoms with van der Waals surface area (Å²) in [6, 6.07) is 6.36. The number of hydrogen-bond acceptors (Lipinski definition) is 2. The molecular weight excluding hydrogens is 260 g/mol. The van der Waals surface area contributed by atoms with Crippen molar-refractivity contribution in [1.82, 2.24) is 5.32 Å². The molecule has 0 bridgehead atoms. The van der Waals surface area contributed by atoms with E-state index in [9.17, 15) is 4.79 Å². The number of nitrogens with one attached hydrogen (secondary N) is 2. The summed E-state index contributed by atoms with van der Waals surface area (Å²) >= 11 is 0. The van der Waals surface area contributed by atoms with Gasteiger partial charge in [-0.15, -0.1) is 0 Å². The van der Waals surface area contributed by atoms with E-state index in [2.05, 4.69) is 17.6 Å². The fraction of sp³-hybridized carbons (Fsp3) is 0.611. The van der Waals surface area contributed by atoms with Crippen LogP contribution in [0, 0.1) is 12.8 Å². The standard InChI is InChI=1S/C18H28N2O/c1-4-14-7-9-15(10-8-14)20-18(21)16-12-13(3)6-11-17(16)19-5-2/h6,11-12,14-15,19H,4-5,7-10H2,1-3H3,(H,20,21). The lowest BCUT2D eigenvalue weighted by Gasteiger charge is -2.28. The first kappa shape index (κ1) is 15.9. The molecular formula is C18H28N2O. The average Bonchev–Trinajstić information content (AvgIpc) is 2.50. The van der Waals surface area contributed by atoms with Crippen LogP contribution in [0.1, 0.15) is 61.9 Å². The van der Waals surface area contributed by atoms with Crippen molar-refractivity contribution in [2.75, 3.05) is 11.9 Å². The number of anilines is 1. The number of carbonyl (C=O) groups is 1. The Morgan fingerprint density at radius 3 is 2.52 bits per heavy atom. The van der Waals surface area contributed by atoms with Crippen LogP contribution in [-0.4, -0.2) is 18.5 Å². The van der Waals surface area contributed by atoms with E-state index in [1.807, 2.05) is 32.0 Å². The van der Waals surface area contributed by atoms with Crippen molar-refractivity contribution >= 4 is 11.6 Å². The third-order valence-corrected chi connectivity index (χ3v) is 4.55. The summed E-state index contributed by atoms with van der Waals surface area (Å²) in [5, 5.41) is 6.50. The minimum atomic E-state index is 0.0644. The number of rotatable bonds is 5. The highest BCUT2D eigenvalue weighted by Crippen LogP contribution is 2.27. The van der Waals surface area contributed by atoms with Gasteiger partial charge in [0.25, 0.3) is 5.91 Å². The van der Waals surface area contributed by atoms with E-state index >= 15 is 0 Å². The minimum Gasteiger partial charge on any atom is -0.385 e. The minimum absolute atomic E-state index is 0.0644. The Kier molecular flexibility index (Phi) is 5.66. The third kappa shape index (κ3) is 4.23. The summed E-state index contributed by atoms with van der Waals surface area (Å²) in [6.07, 6.45) is 5.99. The second-order valence-electron chi connectivity index (χ2n) is 6.18. The molecule has 1 aliphatic carbocycles. The van der Waals surface area contributed by atoms with Crippen LogP contribution < -0.4 is 10.6 Å². The summed E-state index contributed by atoms with van der Waals surface area (Å²) in [7, 11) is 0. The predicted molar refractivity (Wildman–Crippen MR) is 88.8 cm³/mol. The molecule has 3 nitrogen and oxygen atoms in total. The van der Waals surface area contributed by atoms with Crippen LogP contribution >= 0.6 is 0 Å². The summed E-state index contributed by atoms with van der Waals surface area (Å²) in [5.74, 6) is 0.920. The van der Waals surface area contributed by atoms with Crippen LogP contribution in [0.2, 0.25) is 0 Å². The molecule has 1 aromatic rings. The number of amides is 1. The zero-order valence-electron chi connectivity index (χ0n) is 13.5. The van der Waals surface area contributed by atoms with Crippen LogP contribution in [0.25, 0.3) is 0 Å². The Balaban J connectivity index is 2.01. The molecule has 3 heteroatoms. The maximum absolute atomic E-state index is 12.6. The van der Waals surface area contributed by atoms with Gasteiger partial charge < -0.3 is 10.6 Å². The Hall–Kier alpha value is -1.51. The molecule has 0 spiro atoms. The maximum atomic E-state index is 12.6. The molecule has 0 atom stereocenters. The predicted octanol–water partition coefficient (Wildman–Crippen LogP) is 4.13. The molecule has 116 valence electrons. The SMILES string of the molecule is CCNc1ccc(C)cc1C(=O)NC1CCC(CC)CC1. The van der Waals surface area contributed by atoms with Crippen molar-refractivity contribution in [3.8, 4) is 0 Å². The Morgan fingerprint density at radius 1 is 1.19 bits per heavy atom. The lowest BCUT2D eigenvalue weighted by atomic mass is 9.84. The molecule has 2 rings (SSSR count). The topological polar surface area (TPSA) is 41.1 Å². The Labute approximate surface area is 128 Å². The van der Waals surface area contributed by atoms with Gasteiger partial charge in [0.05, 0.1) is 5.56 Å². The summed E-state index contributed by atoms with van der Waals surface area (Å²) in [6.45, 7) is 7.16. The van der Waals surface area contributed by atoms with Crippen molar-refractivity contribution in [3.63, 3.8) is 0 Å². The van der Waals surface area contributed by atoms with E-state index in [1.54, 1.807) is 0 Å². The van der Waals surface area contributed by atoms with E-state index < -0.39 is 0 Å². The molecule has 0 saturated heterocycles. The molecule has 1 saturated carbocycles. The first-order valence-electron chi connectivity index (χ1n) is 8.29. The highest BCUT2D eigenvalue weighted by molar-refractivity contribution is 6.00. The van der Waals surface area contributed by atoms with E-state index in [4.69, 9.17) is 0 Å². The molecule has 2 N–H and O–H groups in total. The maximum Gasteiger partial charge on any atom is 0.253 e. The lowest BCUT2D eigenvalue weighted by Crippen LogP contribution is -2.37. The van der Waals surface area contributed by atoms with Crippen LogP contribution in [0.15, 0.2) is 18.2 Å². The zero-order chi connectivity index (χ0) is 15.2. The van der Waals surface area contributed by atoms with Gasteiger partial charge in [-0.2, -0.15) is 0 Å². The van der Waals surface area contributed by atoms with Gasteiger partial charge in [-0.05, 0) is 57.6 Å². The van der Waals surface area contributed by atoms with Crippen molar-refractivity contribution in [3.05, 3.63) is 29.3 Å². The number of aryl methyl sites for hydroxylation is 1. The quantitative estimate of drug-likeness (QED) is 0.855. The summed E-state index contributed by atoms with van der Waals surface area (Å²) in [5.41, 5.74) is 2.83. The fourth-order valence-corrected chi connectivity index (χ4v) is 3.17. The van der Waals surface area contributed by atoms with Crippen LogP contribution in [0.3, 0.4) is 0 Å². The second kappa shape index (κ2) is 7.48. The van der Waals surface area contributed by atoms with Crippen molar-refractivity contribution in [2.45, 2.75) is 58.9 Å². The van der Waals surface area contributed by atoms with Crippen LogP contribution in [0.4, 0.5) is 5.69 Å². The van der Waals surface area contributed by atoms with E-state index in [0.29, 0.717) is 6.04 Å². The molecule has 1 amide bonds. The van der Waals surface area contributed by atoms with Crippen molar-refractivity contribution < 1.29 is 4.79 Å². The van der Waals surface area contributed by atoms with Crippen LogP contribution in [0.5, 0.6) is 0 Å². The molecule has 21 heavy (non-hydrogen) atoms. The lowest BCUT2D eigenvalue weighted by molar-refractivity contribution is 0.0922. The second-order valence-corrected chi connectivity index (χ2v) is 6.18. The number of carbonyl (C=O) groups excluding carboxylic acids is 1. The monoisotopic (exact) mass is 288 g/mol. The normalized spacial score (nSPS) is 21.9. The molecule has 1 aromatic carbocycles. The van der Waals surface area contributed by atoms with Crippen LogP contribution in [-0.2, 0) is 0 Å². The molecule has 0 aromatic heterocycles. The molecule has 0 radical (unpaired) electrons. The number of hydrogen-bond donors (Lipinski definition) is 2. The summed E-state index contributed by atoms with van der Waals surface area (Å²) in [4.78, 5) is 12.6. The molecule has 0 heterocycles. The largest absolute Gasteiger partial charge is 0.385 e. The third-order valence-electron chi connectivity index (χ3n) is 4.55. The van der Waals surface area contributed by atoms with Gasteiger partial charge in [-0.25, -0.2) is 0 Å². The fourth-order valence-electron chi connectivity index (χ4n) is 3.17. The van der Waals surface area contributed by atoms with E-state index in [-0.39, 0.29) is 5.91 Å². The van der Waals surface area contributed by atoms with Crippen molar-refractivity contribution in [2.24, 2.45) is 5.92 Å². The zero-order valence-corrected chi connectivity index (χ0v) is 13.5. The van der Waals surface area contributed by atoms with Crippen molar-refractivity contribution in [1.29, 1.82) is 0 Å². The van der Waals surface area contributed by atoms with E-state index in [1.165, 1.54) is 19.3 Å². The van der Waals surface area contributed by atoms with Gasteiger partial charge >= 0.3 is 0 Å². The smallest absolute Gasteiger partial charge is 0.253 e. The highest BCUT2D eigenvalue weighted by Gasteiger charge is 2.22. The first-order valence-corrected chi connectivity index (χ1v) is 8.29. The van der Waals surface area contributed by atoms with E-state index in [0.717, 1.165) is 42.1 Å². The Bertz CT molecular complexity index is 476. The van der Waals surface area contributed by atoms with Gasteiger partial charge in [0, 0.05) is 18.3 Å². The number of benzene rings is 1. The Morgan fingerprint density at radius 2 is 1.90 bits per heavy atom. The molecule has 1 aliphatic rings. The van der Waals surface area contributed by atoms with Gasteiger partial charge in [0.1, 0.15) is 0 Å². The molecule has 0 unspecified atom stereocenters. The van der Waals surface area contributed by atoms with Gasteiger partial charge in [-0.3, -0.25) is 4.79 Å². The van der Waals surface area contributed by atoms with Gasteiger partial charge in [0.15, 0.2) is 0 Å². The van der Waals surface area contributed by atoms with Gasteiger partial charge in [0.2, 0.25) is 0 Å². The first-order chi connectivity index (χ1) is 10.1. The highest BCUT2D eigenvalue weighted by atomic mass is 16.1. The summed E-state index contributed by atoms with van der Waals surface area (Å²) < 4.78 is 0. The van der Waals surface area contributed by atoms with Gasteiger partial charge in [-0.1, -0.05) is 25.0 Å². The average molecular weight is 288 g/mol. The molecule has 0 aliphatic heterocycles. The molecule has 1 fully saturated rings.